The summed E-state index contributed by atoms with van der Waals surface area (Å²) in [6.45, 7) is 3.72. The zero-order valence-electron chi connectivity index (χ0n) is 15.4. The van der Waals surface area contributed by atoms with Crippen molar-refractivity contribution in [1.29, 1.82) is 0 Å². The summed E-state index contributed by atoms with van der Waals surface area (Å²) in [7, 11) is 0. The summed E-state index contributed by atoms with van der Waals surface area (Å²) in [5.41, 5.74) is 5.38. The number of carbonyl (C=O) groups excluding carboxylic acids is 2. The smallest absolute Gasteiger partial charge is 0.350 e. The van der Waals surface area contributed by atoms with Crippen LogP contribution >= 0.6 is 0 Å². The van der Waals surface area contributed by atoms with Gasteiger partial charge in [-0.05, 0) is 31.9 Å². The molecule has 0 radical (unpaired) electrons. The van der Waals surface area contributed by atoms with Crippen molar-refractivity contribution in [3.05, 3.63) is 35.4 Å². The largest absolute Gasteiger partial charge is 0.410 e. The number of nitrogens with zero attached hydrogens (tertiary/aromatic N) is 2. The SMILES string of the molecule is CCC(N(C(N)=O)N(C(=O)c1ccc(C)cc1)C(CC)C(F)(F)F)C(F)(F)F. The molecule has 1 aromatic rings. The van der Waals surface area contributed by atoms with Crippen LogP contribution in [-0.2, 0) is 0 Å². The number of hydrazine groups is 1. The Balaban J connectivity index is 3.64. The van der Waals surface area contributed by atoms with Crippen molar-refractivity contribution in [2.75, 3.05) is 0 Å². The molecule has 28 heavy (non-hydrogen) atoms. The van der Waals surface area contributed by atoms with Crippen molar-refractivity contribution in [2.24, 2.45) is 5.73 Å². The van der Waals surface area contributed by atoms with Crippen LogP contribution in [0.15, 0.2) is 24.3 Å². The molecule has 1 rings (SSSR count). The van der Waals surface area contributed by atoms with E-state index in [9.17, 15) is 35.9 Å². The van der Waals surface area contributed by atoms with Crippen LogP contribution < -0.4 is 5.73 Å². The van der Waals surface area contributed by atoms with Gasteiger partial charge >= 0.3 is 18.4 Å². The number of aryl methyl sites for hydroxylation is 1. The minimum Gasteiger partial charge on any atom is -0.350 e. The lowest BCUT2D eigenvalue weighted by Crippen LogP contribution is -2.65. The molecule has 0 aliphatic carbocycles. The number of amides is 3. The fraction of sp³-hybridized carbons (Fsp3) is 0.529. The van der Waals surface area contributed by atoms with Crippen LogP contribution in [0, 0.1) is 6.92 Å². The predicted octanol–water partition coefficient (Wildman–Crippen LogP) is 4.41. The normalized spacial score (nSPS) is 14.3. The van der Waals surface area contributed by atoms with Gasteiger partial charge in [-0.25, -0.2) is 14.8 Å². The second-order valence-corrected chi connectivity index (χ2v) is 6.13. The maximum atomic E-state index is 13.5. The monoisotopic (exact) mass is 413 g/mol. The molecule has 2 N–H and O–H groups in total. The van der Waals surface area contributed by atoms with E-state index >= 15 is 0 Å². The highest BCUT2D eigenvalue weighted by molar-refractivity contribution is 5.95. The van der Waals surface area contributed by atoms with E-state index in [4.69, 9.17) is 5.73 Å². The summed E-state index contributed by atoms with van der Waals surface area (Å²) in [6.07, 6.45) is -11.8. The topological polar surface area (TPSA) is 66.6 Å². The molecule has 0 aliphatic rings. The molecule has 0 aromatic heterocycles. The van der Waals surface area contributed by atoms with Gasteiger partial charge in [0.1, 0.15) is 6.04 Å². The lowest BCUT2D eigenvalue weighted by Gasteiger charge is -2.43. The Hall–Kier alpha value is -2.46. The molecule has 0 fully saturated rings. The Morgan fingerprint density at radius 2 is 1.29 bits per heavy atom. The van der Waals surface area contributed by atoms with Crippen LogP contribution in [0.5, 0.6) is 0 Å². The third-order valence-corrected chi connectivity index (χ3v) is 4.08. The molecule has 0 aliphatic heterocycles. The summed E-state index contributed by atoms with van der Waals surface area (Å²) in [6, 6.07) is -2.03. The first-order valence-electron chi connectivity index (χ1n) is 8.37. The van der Waals surface area contributed by atoms with Gasteiger partial charge in [-0.1, -0.05) is 31.5 Å². The minimum absolute atomic E-state index is 0.214. The molecule has 0 saturated heterocycles. The Bertz CT molecular complexity index is 688. The molecule has 158 valence electrons. The fourth-order valence-electron chi connectivity index (χ4n) is 2.71. The van der Waals surface area contributed by atoms with Crippen LogP contribution in [0.25, 0.3) is 0 Å². The van der Waals surface area contributed by atoms with Crippen LogP contribution in [0.4, 0.5) is 31.1 Å². The first-order chi connectivity index (χ1) is 12.8. The lowest BCUT2D eigenvalue weighted by molar-refractivity contribution is -0.239. The average Bonchev–Trinajstić information content (AvgIpc) is 2.55. The molecular weight excluding hydrogens is 392 g/mol. The van der Waals surface area contributed by atoms with Gasteiger partial charge in [0.2, 0.25) is 0 Å². The molecule has 0 bridgehead atoms. The second kappa shape index (κ2) is 8.70. The molecule has 2 unspecified atom stereocenters. The number of halogens is 6. The predicted molar refractivity (Wildman–Crippen MR) is 89.0 cm³/mol. The van der Waals surface area contributed by atoms with Crippen LogP contribution in [0.3, 0.4) is 0 Å². The second-order valence-electron chi connectivity index (χ2n) is 6.13. The van der Waals surface area contributed by atoms with Gasteiger partial charge in [0.05, 0.1) is 0 Å². The first kappa shape index (κ1) is 23.6. The van der Waals surface area contributed by atoms with Gasteiger partial charge in [0.25, 0.3) is 5.91 Å². The number of benzene rings is 1. The Morgan fingerprint density at radius 3 is 1.61 bits per heavy atom. The van der Waals surface area contributed by atoms with E-state index in [-0.39, 0.29) is 15.6 Å². The third-order valence-electron chi connectivity index (χ3n) is 4.08. The summed E-state index contributed by atoms with van der Waals surface area (Å²) in [4.78, 5) is 24.6. The molecule has 11 heteroatoms. The number of rotatable bonds is 5. The maximum absolute atomic E-state index is 13.5. The zero-order chi connectivity index (χ0) is 21.9. The molecule has 0 saturated carbocycles. The van der Waals surface area contributed by atoms with Gasteiger partial charge < -0.3 is 5.73 Å². The number of carbonyl (C=O) groups is 2. The van der Waals surface area contributed by atoms with Gasteiger partial charge in [-0.2, -0.15) is 26.3 Å². The lowest BCUT2D eigenvalue weighted by atomic mass is 10.1. The highest BCUT2D eigenvalue weighted by atomic mass is 19.4. The van der Waals surface area contributed by atoms with E-state index in [1.54, 1.807) is 6.92 Å². The standard InChI is InChI=1S/C17H21F6N3O2/c1-4-12(16(18,19)20)25(14(27)11-8-6-10(3)7-9-11)26(15(24)28)13(5-2)17(21,22)23/h6-9,12-13H,4-5H2,1-3H3,(H2,24,28). The van der Waals surface area contributed by atoms with Gasteiger partial charge in [-0.15, -0.1) is 0 Å². The van der Waals surface area contributed by atoms with Crippen molar-refractivity contribution in [3.8, 4) is 0 Å². The van der Waals surface area contributed by atoms with E-state index in [1.165, 1.54) is 24.3 Å². The van der Waals surface area contributed by atoms with Crippen molar-refractivity contribution in [3.63, 3.8) is 0 Å². The molecule has 5 nitrogen and oxygen atoms in total. The number of primary amides is 1. The Kier molecular flexibility index (Phi) is 7.32. The Morgan fingerprint density at radius 1 is 0.893 bits per heavy atom. The number of hydrogen-bond acceptors (Lipinski definition) is 2. The zero-order valence-corrected chi connectivity index (χ0v) is 15.4. The summed E-state index contributed by atoms with van der Waals surface area (Å²) in [5.74, 6) is -1.41. The third kappa shape index (κ3) is 5.29. The van der Waals surface area contributed by atoms with E-state index in [0.29, 0.717) is 5.56 Å². The van der Waals surface area contributed by atoms with Crippen LogP contribution in [-0.4, -0.2) is 46.4 Å². The highest BCUT2D eigenvalue weighted by Gasteiger charge is 2.53. The Labute approximate surface area is 158 Å². The quantitative estimate of drug-likeness (QED) is 0.574. The first-order valence-corrected chi connectivity index (χ1v) is 8.37. The van der Waals surface area contributed by atoms with E-state index < -0.39 is 49.2 Å². The van der Waals surface area contributed by atoms with Gasteiger partial charge in [0.15, 0.2) is 6.04 Å². The molecule has 3 amide bonds. The maximum Gasteiger partial charge on any atom is 0.410 e. The van der Waals surface area contributed by atoms with Gasteiger partial charge in [0, 0.05) is 5.56 Å². The highest BCUT2D eigenvalue weighted by Crippen LogP contribution is 2.34. The summed E-state index contributed by atoms with van der Waals surface area (Å²) < 4.78 is 80.8. The number of alkyl halides is 6. The van der Waals surface area contributed by atoms with Crippen molar-refractivity contribution in [2.45, 2.75) is 58.0 Å². The molecule has 2 atom stereocenters. The van der Waals surface area contributed by atoms with E-state index in [1.807, 2.05) is 0 Å². The van der Waals surface area contributed by atoms with E-state index in [2.05, 4.69) is 0 Å². The number of urea groups is 1. The van der Waals surface area contributed by atoms with Crippen molar-refractivity contribution in [1.82, 2.24) is 10.0 Å². The molecule has 0 spiro atoms. The molecular formula is C17H21F6N3O2. The van der Waals surface area contributed by atoms with Gasteiger partial charge in [-0.3, -0.25) is 4.79 Å². The minimum atomic E-state index is -5.10. The van der Waals surface area contributed by atoms with Crippen molar-refractivity contribution < 1.29 is 35.9 Å². The van der Waals surface area contributed by atoms with E-state index in [0.717, 1.165) is 13.8 Å². The van der Waals surface area contributed by atoms with Crippen molar-refractivity contribution >= 4 is 11.9 Å². The molecule has 1 aromatic carbocycles. The fourth-order valence-corrected chi connectivity index (χ4v) is 2.71. The summed E-state index contributed by atoms with van der Waals surface area (Å²) >= 11 is 0. The van der Waals surface area contributed by atoms with Crippen LogP contribution in [0.2, 0.25) is 0 Å². The number of hydrogen-bond donors (Lipinski definition) is 1. The molecule has 0 heterocycles. The average molecular weight is 413 g/mol. The van der Waals surface area contributed by atoms with Crippen LogP contribution in [0.1, 0.15) is 42.6 Å². The summed E-state index contributed by atoms with van der Waals surface area (Å²) in [5, 5.41) is -0.543. The number of nitrogens with two attached hydrogens (primary N) is 1.